The number of aliphatic hydroxyl groups is 1. The van der Waals surface area contributed by atoms with Crippen molar-refractivity contribution in [3.8, 4) is 0 Å². The van der Waals surface area contributed by atoms with Gasteiger partial charge in [-0.25, -0.2) is 4.98 Å². The predicted octanol–water partition coefficient (Wildman–Crippen LogP) is 0.640. The first-order chi connectivity index (χ1) is 8.08. The normalized spacial score (nSPS) is 12.9. The fraction of sp³-hybridized carbons (Fsp3) is 0.545. The van der Waals surface area contributed by atoms with Gasteiger partial charge in [0, 0.05) is 25.4 Å². The van der Waals surface area contributed by atoms with Crippen LogP contribution < -0.4 is 4.90 Å². The Bertz CT molecular complexity index is 508. The van der Waals surface area contributed by atoms with E-state index in [0.29, 0.717) is 12.2 Å². The van der Waals surface area contributed by atoms with Crippen LogP contribution in [0.2, 0.25) is 0 Å². The van der Waals surface area contributed by atoms with Crippen LogP contribution in [0.5, 0.6) is 0 Å². The lowest BCUT2D eigenvalue weighted by Crippen LogP contribution is -2.24. The first-order valence-corrected chi connectivity index (χ1v) is 5.64. The number of nitrogens with zero attached hydrogens (tertiary/aromatic N) is 5. The minimum Gasteiger partial charge on any atom is -0.393 e. The van der Waals surface area contributed by atoms with Gasteiger partial charge >= 0.3 is 0 Å². The number of hydrogen-bond acceptors (Lipinski definition) is 5. The van der Waals surface area contributed by atoms with E-state index in [1.54, 1.807) is 11.4 Å². The van der Waals surface area contributed by atoms with Gasteiger partial charge in [-0.05, 0) is 20.3 Å². The van der Waals surface area contributed by atoms with Crippen molar-refractivity contribution in [1.29, 1.82) is 0 Å². The molecule has 6 nitrogen and oxygen atoms in total. The van der Waals surface area contributed by atoms with Gasteiger partial charge in [0.1, 0.15) is 12.1 Å². The van der Waals surface area contributed by atoms with Gasteiger partial charge in [0.2, 0.25) is 0 Å². The van der Waals surface area contributed by atoms with Crippen LogP contribution in [0.15, 0.2) is 12.4 Å². The van der Waals surface area contributed by atoms with E-state index in [9.17, 15) is 5.11 Å². The lowest BCUT2D eigenvalue weighted by molar-refractivity contribution is 0.186. The number of aromatic nitrogens is 4. The van der Waals surface area contributed by atoms with Gasteiger partial charge in [-0.1, -0.05) is 0 Å². The molecule has 2 rings (SSSR count). The number of rotatable bonds is 4. The SMILES string of the molecule is Cc1cc(N(C)CCC(C)O)n2ncnc2n1. The van der Waals surface area contributed by atoms with Gasteiger partial charge in [0.15, 0.2) is 0 Å². The quantitative estimate of drug-likeness (QED) is 0.842. The van der Waals surface area contributed by atoms with E-state index in [1.165, 1.54) is 6.33 Å². The first-order valence-electron chi connectivity index (χ1n) is 5.64. The Morgan fingerprint density at radius 2 is 2.29 bits per heavy atom. The molecule has 0 aliphatic heterocycles. The van der Waals surface area contributed by atoms with Crippen LogP contribution >= 0.6 is 0 Å². The summed E-state index contributed by atoms with van der Waals surface area (Å²) in [5, 5.41) is 13.4. The molecule has 1 unspecified atom stereocenters. The van der Waals surface area contributed by atoms with Gasteiger partial charge < -0.3 is 10.0 Å². The van der Waals surface area contributed by atoms with E-state index in [-0.39, 0.29) is 6.10 Å². The van der Waals surface area contributed by atoms with Crippen molar-refractivity contribution in [2.75, 3.05) is 18.5 Å². The van der Waals surface area contributed by atoms with Crippen LogP contribution in [0.1, 0.15) is 19.0 Å². The molecule has 0 aromatic carbocycles. The smallest absolute Gasteiger partial charge is 0.254 e. The second kappa shape index (κ2) is 4.67. The molecule has 0 aliphatic carbocycles. The number of aryl methyl sites for hydroxylation is 1. The average Bonchev–Trinajstić information content (AvgIpc) is 2.72. The van der Waals surface area contributed by atoms with E-state index in [1.807, 2.05) is 24.9 Å². The van der Waals surface area contributed by atoms with Crippen LogP contribution in [0.4, 0.5) is 5.82 Å². The number of aliphatic hydroxyl groups excluding tert-OH is 1. The van der Waals surface area contributed by atoms with Crippen LogP contribution in [-0.2, 0) is 0 Å². The molecule has 0 spiro atoms. The van der Waals surface area contributed by atoms with Crippen molar-refractivity contribution in [2.24, 2.45) is 0 Å². The maximum absolute atomic E-state index is 9.30. The summed E-state index contributed by atoms with van der Waals surface area (Å²) in [6, 6.07) is 1.96. The summed E-state index contributed by atoms with van der Waals surface area (Å²) in [4.78, 5) is 10.4. The Labute approximate surface area is 99.9 Å². The van der Waals surface area contributed by atoms with Crippen molar-refractivity contribution in [2.45, 2.75) is 26.4 Å². The summed E-state index contributed by atoms with van der Waals surface area (Å²) in [6.07, 6.45) is 1.91. The van der Waals surface area contributed by atoms with Gasteiger partial charge in [0.05, 0.1) is 6.10 Å². The lowest BCUT2D eigenvalue weighted by atomic mass is 10.3. The minimum absolute atomic E-state index is 0.299. The molecule has 1 N–H and O–H groups in total. The highest BCUT2D eigenvalue weighted by Crippen LogP contribution is 2.14. The Morgan fingerprint density at radius 1 is 1.53 bits per heavy atom. The highest BCUT2D eigenvalue weighted by atomic mass is 16.3. The molecule has 0 saturated heterocycles. The summed E-state index contributed by atoms with van der Waals surface area (Å²) in [7, 11) is 1.97. The van der Waals surface area contributed by atoms with Crippen molar-refractivity contribution in [1.82, 2.24) is 19.6 Å². The maximum Gasteiger partial charge on any atom is 0.254 e. The highest BCUT2D eigenvalue weighted by molar-refractivity contribution is 5.46. The molecule has 0 saturated carbocycles. The molecule has 0 radical (unpaired) electrons. The number of hydrogen-bond donors (Lipinski definition) is 1. The average molecular weight is 235 g/mol. The van der Waals surface area contributed by atoms with Crippen LogP contribution in [0.25, 0.3) is 5.78 Å². The third kappa shape index (κ3) is 2.52. The first kappa shape index (κ1) is 11.8. The van der Waals surface area contributed by atoms with Gasteiger partial charge in [-0.2, -0.15) is 14.6 Å². The molecule has 0 aliphatic rings. The molecular weight excluding hydrogens is 218 g/mol. The van der Waals surface area contributed by atoms with Crippen LogP contribution in [0, 0.1) is 6.92 Å². The molecular formula is C11H17N5O. The Kier molecular flexibility index (Phi) is 3.23. The third-order valence-electron chi connectivity index (χ3n) is 2.63. The largest absolute Gasteiger partial charge is 0.393 e. The van der Waals surface area contributed by atoms with Crippen molar-refractivity contribution < 1.29 is 5.11 Å². The molecule has 6 heteroatoms. The number of anilines is 1. The summed E-state index contributed by atoms with van der Waals surface area (Å²) in [6.45, 7) is 4.48. The zero-order chi connectivity index (χ0) is 12.4. The Balaban J connectivity index is 2.30. The molecule has 0 bridgehead atoms. The summed E-state index contributed by atoms with van der Waals surface area (Å²) < 4.78 is 1.70. The van der Waals surface area contributed by atoms with Crippen molar-refractivity contribution in [3.63, 3.8) is 0 Å². The molecule has 2 heterocycles. The number of fused-ring (bicyclic) bond motifs is 1. The van der Waals surface area contributed by atoms with Crippen LogP contribution in [0.3, 0.4) is 0 Å². The molecule has 0 fully saturated rings. The third-order valence-corrected chi connectivity index (χ3v) is 2.63. The fourth-order valence-electron chi connectivity index (χ4n) is 1.68. The standard InChI is InChI=1S/C11H17N5O/c1-8-6-10(15(3)5-4-9(2)17)16-11(14-8)12-7-13-16/h6-7,9,17H,4-5H2,1-3H3. The minimum atomic E-state index is -0.299. The van der Waals surface area contributed by atoms with E-state index >= 15 is 0 Å². The molecule has 17 heavy (non-hydrogen) atoms. The van der Waals surface area contributed by atoms with Gasteiger partial charge in [-0.15, -0.1) is 0 Å². The second-order valence-electron chi connectivity index (χ2n) is 4.29. The van der Waals surface area contributed by atoms with E-state index < -0.39 is 0 Å². The van der Waals surface area contributed by atoms with Gasteiger partial charge in [-0.3, -0.25) is 0 Å². The Hall–Kier alpha value is -1.69. The Morgan fingerprint density at radius 3 is 3.00 bits per heavy atom. The molecule has 2 aromatic heterocycles. The lowest BCUT2D eigenvalue weighted by Gasteiger charge is -2.20. The van der Waals surface area contributed by atoms with E-state index in [0.717, 1.165) is 18.1 Å². The summed E-state index contributed by atoms with van der Waals surface area (Å²) >= 11 is 0. The highest BCUT2D eigenvalue weighted by Gasteiger charge is 2.10. The van der Waals surface area contributed by atoms with Crippen LogP contribution in [-0.4, -0.2) is 44.4 Å². The van der Waals surface area contributed by atoms with Crippen molar-refractivity contribution >= 4 is 11.6 Å². The van der Waals surface area contributed by atoms with E-state index in [4.69, 9.17) is 0 Å². The molecule has 0 amide bonds. The van der Waals surface area contributed by atoms with E-state index in [2.05, 4.69) is 15.1 Å². The fourth-order valence-corrected chi connectivity index (χ4v) is 1.68. The zero-order valence-electron chi connectivity index (χ0n) is 10.3. The predicted molar refractivity (Wildman–Crippen MR) is 65.1 cm³/mol. The molecule has 2 aromatic rings. The molecule has 92 valence electrons. The zero-order valence-corrected chi connectivity index (χ0v) is 10.3. The summed E-state index contributed by atoms with van der Waals surface area (Å²) in [5.41, 5.74) is 0.907. The van der Waals surface area contributed by atoms with Gasteiger partial charge in [0.25, 0.3) is 5.78 Å². The molecule has 1 atom stereocenters. The maximum atomic E-state index is 9.30. The van der Waals surface area contributed by atoms with Crippen molar-refractivity contribution in [3.05, 3.63) is 18.1 Å². The summed E-state index contributed by atoms with van der Waals surface area (Å²) in [5.74, 6) is 1.54. The second-order valence-corrected chi connectivity index (χ2v) is 4.29. The monoisotopic (exact) mass is 235 g/mol. The topological polar surface area (TPSA) is 66.5 Å².